The van der Waals surface area contributed by atoms with E-state index < -0.39 is 0 Å². The second kappa shape index (κ2) is 5.21. The molecule has 0 amide bonds. The molecule has 1 saturated carbocycles. The van der Waals surface area contributed by atoms with E-state index in [0.717, 1.165) is 6.42 Å². The van der Waals surface area contributed by atoms with Crippen molar-refractivity contribution in [1.29, 1.82) is 0 Å². The molecule has 0 aliphatic heterocycles. The molecule has 19 heavy (non-hydrogen) atoms. The molecule has 0 heterocycles. The zero-order valence-electron chi connectivity index (χ0n) is 11.9. The Labute approximate surface area is 124 Å². The number of alkyl halides is 1. The average molecular weight is 323 g/mol. The Hall–Kier alpha value is -0.340. The first-order valence-electron chi connectivity index (χ1n) is 7.52. The van der Waals surface area contributed by atoms with E-state index in [-0.39, 0.29) is 0 Å². The molecule has 104 valence electrons. The summed E-state index contributed by atoms with van der Waals surface area (Å²) in [7, 11) is 0. The molecule has 0 N–H and O–H groups in total. The van der Waals surface area contributed by atoms with Gasteiger partial charge in [-0.2, -0.15) is 0 Å². The van der Waals surface area contributed by atoms with Crippen LogP contribution in [0.2, 0.25) is 0 Å². The van der Waals surface area contributed by atoms with E-state index >= 15 is 0 Å². The van der Waals surface area contributed by atoms with E-state index in [4.69, 9.17) is 4.74 Å². The Kier molecular flexibility index (Phi) is 3.74. The van der Waals surface area contributed by atoms with Crippen LogP contribution in [-0.4, -0.2) is 10.9 Å². The van der Waals surface area contributed by atoms with Gasteiger partial charge in [-0.15, -0.1) is 0 Å². The molecule has 0 spiro atoms. The standard InChI is InChI=1S/C17H23BrO/c1-3-17(2)15(18)11-16(17)19-14-10-6-8-12-7-4-5-9-13(12)14/h4-5,7,9,14-16H,3,6,8,10-11H2,1-2H3. The van der Waals surface area contributed by atoms with Crippen LogP contribution >= 0.6 is 15.9 Å². The first-order chi connectivity index (χ1) is 9.15. The van der Waals surface area contributed by atoms with E-state index in [2.05, 4.69) is 54.0 Å². The molecule has 2 aliphatic carbocycles. The van der Waals surface area contributed by atoms with Gasteiger partial charge in [0.25, 0.3) is 0 Å². The summed E-state index contributed by atoms with van der Waals surface area (Å²) in [5.74, 6) is 0. The highest BCUT2D eigenvalue weighted by Gasteiger charge is 2.50. The first kappa shape index (κ1) is 13.6. The number of hydrogen-bond acceptors (Lipinski definition) is 1. The van der Waals surface area contributed by atoms with Crippen LogP contribution in [-0.2, 0) is 11.2 Å². The molecule has 3 rings (SSSR count). The van der Waals surface area contributed by atoms with Crippen LogP contribution in [0.15, 0.2) is 24.3 Å². The van der Waals surface area contributed by atoms with Crippen molar-refractivity contribution in [2.75, 3.05) is 0 Å². The summed E-state index contributed by atoms with van der Waals surface area (Å²) in [6, 6.07) is 8.81. The lowest BCUT2D eigenvalue weighted by Crippen LogP contribution is -2.53. The molecule has 2 aliphatic rings. The van der Waals surface area contributed by atoms with Crippen LogP contribution in [0.3, 0.4) is 0 Å². The fourth-order valence-electron chi connectivity index (χ4n) is 3.48. The fourth-order valence-corrected chi connectivity index (χ4v) is 4.43. The van der Waals surface area contributed by atoms with Crippen molar-refractivity contribution < 1.29 is 4.74 Å². The van der Waals surface area contributed by atoms with Gasteiger partial charge in [0.2, 0.25) is 0 Å². The van der Waals surface area contributed by atoms with Crippen molar-refractivity contribution in [2.45, 2.75) is 63.0 Å². The van der Waals surface area contributed by atoms with Gasteiger partial charge < -0.3 is 4.74 Å². The van der Waals surface area contributed by atoms with Gasteiger partial charge >= 0.3 is 0 Å². The normalized spacial score (nSPS) is 37.5. The van der Waals surface area contributed by atoms with Gasteiger partial charge in [-0.1, -0.05) is 54.0 Å². The van der Waals surface area contributed by atoms with Gasteiger partial charge in [-0.3, -0.25) is 0 Å². The summed E-state index contributed by atoms with van der Waals surface area (Å²) in [5.41, 5.74) is 3.24. The van der Waals surface area contributed by atoms with Gasteiger partial charge in [0.1, 0.15) is 0 Å². The number of benzene rings is 1. The highest BCUT2D eigenvalue weighted by Crippen LogP contribution is 2.52. The maximum Gasteiger partial charge on any atom is 0.0831 e. The third-order valence-corrected chi connectivity index (χ3v) is 6.70. The van der Waals surface area contributed by atoms with Crippen molar-refractivity contribution in [3.05, 3.63) is 35.4 Å². The summed E-state index contributed by atoms with van der Waals surface area (Å²) in [5, 5.41) is 0. The van der Waals surface area contributed by atoms with Gasteiger partial charge in [-0.25, -0.2) is 0 Å². The molecule has 4 atom stereocenters. The van der Waals surface area contributed by atoms with Gasteiger partial charge in [0.15, 0.2) is 0 Å². The minimum absolute atomic E-state index is 0.312. The second-order valence-corrected chi connectivity index (χ2v) is 7.37. The molecule has 0 saturated heterocycles. The van der Waals surface area contributed by atoms with E-state index in [9.17, 15) is 0 Å². The monoisotopic (exact) mass is 322 g/mol. The minimum Gasteiger partial charge on any atom is -0.370 e. The van der Waals surface area contributed by atoms with Crippen LogP contribution in [0.25, 0.3) is 0 Å². The maximum atomic E-state index is 6.50. The van der Waals surface area contributed by atoms with Crippen molar-refractivity contribution >= 4 is 15.9 Å². The maximum absolute atomic E-state index is 6.50. The smallest absolute Gasteiger partial charge is 0.0831 e. The molecular weight excluding hydrogens is 300 g/mol. The SMILES string of the molecule is CCC1(C)C(Br)CC1OC1CCCc2ccccc21. The molecule has 2 heteroatoms. The molecule has 1 fully saturated rings. The summed E-state index contributed by atoms with van der Waals surface area (Å²) in [4.78, 5) is 0.619. The van der Waals surface area contributed by atoms with E-state index in [0.29, 0.717) is 22.5 Å². The van der Waals surface area contributed by atoms with Crippen molar-refractivity contribution in [2.24, 2.45) is 5.41 Å². The Morgan fingerprint density at radius 3 is 2.89 bits per heavy atom. The number of hydrogen-bond donors (Lipinski definition) is 0. The fraction of sp³-hybridized carbons (Fsp3) is 0.647. The largest absolute Gasteiger partial charge is 0.370 e. The predicted octanol–water partition coefficient (Wildman–Crippen LogP) is 5.03. The lowest BCUT2D eigenvalue weighted by molar-refractivity contribution is -0.136. The third-order valence-electron chi connectivity index (χ3n) is 5.28. The number of aryl methyl sites for hydroxylation is 1. The average Bonchev–Trinajstić information content (AvgIpc) is 2.46. The lowest BCUT2D eigenvalue weighted by Gasteiger charge is -2.52. The number of ether oxygens (including phenoxy) is 1. The predicted molar refractivity (Wildman–Crippen MR) is 82.7 cm³/mol. The van der Waals surface area contributed by atoms with Crippen molar-refractivity contribution in [3.8, 4) is 0 Å². The molecule has 0 aromatic heterocycles. The third kappa shape index (κ3) is 2.27. The van der Waals surface area contributed by atoms with Gasteiger partial charge in [0.05, 0.1) is 12.2 Å². The van der Waals surface area contributed by atoms with Gasteiger partial charge in [0, 0.05) is 10.2 Å². The number of rotatable bonds is 3. The van der Waals surface area contributed by atoms with Crippen molar-refractivity contribution in [1.82, 2.24) is 0 Å². The molecular formula is C17H23BrO. The zero-order chi connectivity index (χ0) is 13.5. The summed E-state index contributed by atoms with van der Waals surface area (Å²) in [6.07, 6.45) is 6.73. The van der Waals surface area contributed by atoms with E-state index in [1.54, 1.807) is 0 Å². The summed E-state index contributed by atoms with van der Waals surface area (Å²) < 4.78 is 6.50. The summed E-state index contributed by atoms with van der Waals surface area (Å²) >= 11 is 3.80. The molecule has 0 radical (unpaired) electrons. The molecule has 1 nitrogen and oxygen atoms in total. The highest BCUT2D eigenvalue weighted by molar-refractivity contribution is 9.09. The van der Waals surface area contributed by atoms with Crippen LogP contribution < -0.4 is 0 Å². The quantitative estimate of drug-likeness (QED) is 0.709. The van der Waals surface area contributed by atoms with Crippen LogP contribution in [0.1, 0.15) is 56.8 Å². The minimum atomic E-state index is 0.312. The number of fused-ring (bicyclic) bond motifs is 1. The van der Waals surface area contributed by atoms with E-state index in [1.807, 2.05) is 0 Å². The second-order valence-electron chi connectivity index (χ2n) is 6.27. The Morgan fingerprint density at radius 1 is 1.37 bits per heavy atom. The topological polar surface area (TPSA) is 9.23 Å². The summed E-state index contributed by atoms with van der Waals surface area (Å²) in [6.45, 7) is 4.63. The molecule has 1 aromatic carbocycles. The zero-order valence-corrected chi connectivity index (χ0v) is 13.4. The number of halogens is 1. The molecule has 1 aromatic rings. The Morgan fingerprint density at radius 2 is 2.16 bits per heavy atom. The lowest BCUT2D eigenvalue weighted by atomic mass is 9.65. The van der Waals surface area contributed by atoms with E-state index in [1.165, 1.54) is 36.8 Å². The Bertz CT molecular complexity index is 458. The van der Waals surface area contributed by atoms with Crippen LogP contribution in [0.5, 0.6) is 0 Å². The van der Waals surface area contributed by atoms with Gasteiger partial charge in [-0.05, 0) is 43.2 Å². The molecule has 4 unspecified atom stereocenters. The first-order valence-corrected chi connectivity index (χ1v) is 8.44. The van der Waals surface area contributed by atoms with Crippen molar-refractivity contribution in [3.63, 3.8) is 0 Å². The van der Waals surface area contributed by atoms with Crippen LogP contribution in [0, 0.1) is 5.41 Å². The highest BCUT2D eigenvalue weighted by atomic mass is 79.9. The Balaban J connectivity index is 1.75. The van der Waals surface area contributed by atoms with Crippen LogP contribution in [0.4, 0.5) is 0 Å². The molecule has 0 bridgehead atoms.